The molecule has 0 radical (unpaired) electrons. The van der Waals surface area contributed by atoms with Crippen LogP contribution >= 0.6 is 11.6 Å². The first-order chi connectivity index (χ1) is 13.0. The molecule has 0 atom stereocenters. The van der Waals surface area contributed by atoms with Gasteiger partial charge in [-0.3, -0.25) is 0 Å². The van der Waals surface area contributed by atoms with E-state index < -0.39 is 5.97 Å². The number of carboxylic acid groups (broad SMARTS) is 1. The number of carboxylic acids is 1. The van der Waals surface area contributed by atoms with Crippen LogP contribution in [0.5, 0.6) is 0 Å². The van der Waals surface area contributed by atoms with Gasteiger partial charge in [-0.1, -0.05) is 61.0 Å². The monoisotopic (exact) mass is 378 g/mol. The molecule has 0 saturated heterocycles. The Morgan fingerprint density at radius 1 is 1.19 bits per heavy atom. The van der Waals surface area contributed by atoms with Crippen molar-refractivity contribution in [2.24, 2.45) is 7.05 Å². The minimum absolute atomic E-state index is 0.141. The molecule has 0 bridgehead atoms. The summed E-state index contributed by atoms with van der Waals surface area (Å²) in [5.74, 6) is -1.04. The lowest BCUT2D eigenvalue weighted by Crippen LogP contribution is -2.07. The molecule has 3 aromatic rings. The lowest BCUT2D eigenvalue weighted by molar-refractivity contribution is 0.0687. The van der Waals surface area contributed by atoms with Crippen LogP contribution in [0.1, 0.15) is 39.8 Å². The number of aromatic nitrogens is 1. The SMILES string of the molecule is CCc1c(C#N)c(-c2ccc(Cc3ccccc3Cl)cc2)c(C(=O)O)n1C. The third-order valence-electron chi connectivity index (χ3n) is 4.76. The normalized spacial score (nSPS) is 10.6. The van der Waals surface area contributed by atoms with Gasteiger partial charge in [-0.2, -0.15) is 5.26 Å². The molecule has 5 heteroatoms. The third kappa shape index (κ3) is 3.47. The van der Waals surface area contributed by atoms with Crippen LogP contribution in [0.25, 0.3) is 11.1 Å². The first kappa shape index (κ1) is 18.8. The van der Waals surface area contributed by atoms with Gasteiger partial charge in [0.05, 0.1) is 5.56 Å². The van der Waals surface area contributed by atoms with Crippen LogP contribution < -0.4 is 0 Å². The average Bonchev–Trinajstić information content (AvgIpc) is 2.95. The van der Waals surface area contributed by atoms with Crippen molar-refractivity contribution in [3.8, 4) is 17.2 Å². The van der Waals surface area contributed by atoms with E-state index in [1.54, 1.807) is 11.6 Å². The van der Waals surface area contributed by atoms with Crippen LogP contribution in [0.2, 0.25) is 5.02 Å². The molecule has 3 rings (SSSR count). The Morgan fingerprint density at radius 2 is 1.85 bits per heavy atom. The highest BCUT2D eigenvalue weighted by atomic mass is 35.5. The van der Waals surface area contributed by atoms with E-state index in [-0.39, 0.29) is 5.69 Å². The van der Waals surface area contributed by atoms with Crippen molar-refractivity contribution in [3.05, 3.63) is 81.6 Å². The minimum Gasteiger partial charge on any atom is -0.477 e. The Labute approximate surface area is 163 Å². The van der Waals surface area contributed by atoms with Crippen molar-refractivity contribution < 1.29 is 9.90 Å². The third-order valence-corrected chi connectivity index (χ3v) is 5.13. The molecule has 0 unspecified atom stereocenters. The summed E-state index contributed by atoms with van der Waals surface area (Å²) in [7, 11) is 1.69. The molecular formula is C22H19ClN2O2. The van der Waals surface area contributed by atoms with Gasteiger partial charge in [0.2, 0.25) is 0 Å². The number of nitriles is 1. The van der Waals surface area contributed by atoms with Gasteiger partial charge < -0.3 is 9.67 Å². The van der Waals surface area contributed by atoms with Crippen molar-refractivity contribution in [2.75, 3.05) is 0 Å². The average molecular weight is 379 g/mol. The molecule has 136 valence electrons. The van der Waals surface area contributed by atoms with Crippen molar-refractivity contribution in [1.29, 1.82) is 5.26 Å². The molecule has 4 nitrogen and oxygen atoms in total. The van der Waals surface area contributed by atoms with E-state index in [2.05, 4.69) is 6.07 Å². The minimum atomic E-state index is -1.04. The molecule has 0 aliphatic heterocycles. The summed E-state index contributed by atoms with van der Waals surface area (Å²) in [4.78, 5) is 11.8. The van der Waals surface area contributed by atoms with Crippen LogP contribution in [-0.4, -0.2) is 15.6 Å². The van der Waals surface area contributed by atoms with Gasteiger partial charge in [0.1, 0.15) is 11.8 Å². The second-order valence-electron chi connectivity index (χ2n) is 6.34. The predicted molar refractivity (Wildman–Crippen MR) is 106 cm³/mol. The number of hydrogen-bond donors (Lipinski definition) is 1. The zero-order valence-electron chi connectivity index (χ0n) is 15.2. The van der Waals surface area contributed by atoms with Gasteiger partial charge in [0, 0.05) is 23.3 Å². The number of aromatic carboxylic acids is 1. The number of hydrogen-bond acceptors (Lipinski definition) is 2. The Bertz CT molecular complexity index is 1040. The Balaban J connectivity index is 2.04. The second-order valence-corrected chi connectivity index (χ2v) is 6.75. The van der Waals surface area contributed by atoms with E-state index in [1.165, 1.54) is 0 Å². The van der Waals surface area contributed by atoms with E-state index >= 15 is 0 Å². The molecule has 27 heavy (non-hydrogen) atoms. The molecule has 0 spiro atoms. The highest BCUT2D eigenvalue weighted by Crippen LogP contribution is 2.33. The smallest absolute Gasteiger partial charge is 0.353 e. The van der Waals surface area contributed by atoms with Gasteiger partial charge >= 0.3 is 5.97 Å². The molecular weight excluding hydrogens is 360 g/mol. The summed E-state index contributed by atoms with van der Waals surface area (Å²) in [6, 6.07) is 17.5. The number of benzene rings is 2. The van der Waals surface area contributed by atoms with Crippen molar-refractivity contribution in [2.45, 2.75) is 19.8 Å². The number of halogens is 1. The maximum atomic E-state index is 11.8. The summed E-state index contributed by atoms with van der Waals surface area (Å²) in [5, 5.41) is 20.0. The first-order valence-electron chi connectivity index (χ1n) is 8.65. The summed E-state index contributed by atoms with van der Waals surface area (Å²) in [6.07, 6.45) is 1.27. The summed E-state index contributed by atoms with van der Waals surface area (Å²) >= 11 is 6.23. The van der Waals surface area contributed by atoms with E-state index in [0.717, 1.165) is 27.4 Å². The quantitative estimate of drug-likeness (QED) is 0.674. The Kier molecular flexibility index (Phi) is 5.34. The van der Waals surface area contributed by atoms with Crippen molar-refractivity contribution in [3.63, 3.8) is 0 Å². The fourth-order valence-electron chi connectivity index (χ4n) is 3.45. The summed E-state index contributed by atoms with van der Waals surface area (Å²) in [6.45, 7) is 1.91. The Hall–Kier alpha value is -3.03. The fraction of sp³-hybridized carbons (Fsp3) is 0.182. The van der Waals surface area contributed by atoms with Crippen molar-refractivity contribution >= 4 is 17.6 Å². The molecule has 0 aliphatic carbocycles. The molecule has 1 heterocycles. The number of carbonyl (C=O) groups is 1. The highest BCUT2D eigenvalue weighted by Gasteiger charge is 2.25. The van der Waals surface area contributed by atoms with E-state index in [9.17, 15) is 15.2 Å². The van der Waals surface area contributed by atoms with Crippen LogP contribution in [0.4, 0.5) is 0 Å². The standard InChI is InChI=1S/C22H19ClN2O2/c1-3-19-17(13-24)20(21(22(26)27)25(19)2)15-10-8-14(9-11-15)12-16-6-4-5-7-18(16)23/h4-11H,3,12H2,1-2H3,(H,26,27). The highest BCUT2D eigenvalue weighted by molar-refractivity contribution is 6.31. The molecule has 0 saturated carbocycles. The summed E-state index contributed by atoms with van der Waals surface area (Å²) in [5.41, 5.74) is 4.59. The van der Waals surface area contributed by atoms with Crippen LogP contribution in [0.15, 0.2) is 48.5 Å². The van der Waals surface area contributed by atoms with Gasteiger partial charge in [-0.05, 0) is 35.6 Å². The van der Waals surface area contributed by atoms with Gasteiger partial charge in [-0.25, -0.2) is 4.79 Å². The molecule has 1 N–H and O–H groups in total. The zero-order chi connectivity index (χ0) is 19.6. The first-order valence-corrected chi connectivity index (χ1v) is 9.03. The van der Waals surface area contributed by atoms with Crippen LogP contribution in [0.3, 0.4) is 0 Å². The van der Waals surface area contributed by atoms with Gasteiger partial charge in [-0.15, -0.1) is 0 Å². The second kappa shape index (κ2) is 7.69. The van der Waals surface area contributed by atoms with E-state index in [1.807, 2.05) is 55.5 Å². The summed E-state index contributed by atoms with van der Waals surface area (Å²) < 4.78 is 1.61. The van der Waals surface area contributed by atoms with Crippen molar-refractivity contribution in [1.82, 2.24) is 4.57 Å². The lowest BCUT2D eigenvalue weighted by Gasteiger charge is -2.07. The zero-order valence-corrected chi connectivity index (χ0v) is 15.9. The topological polar surface area (TPSA) is 66.0 Å². The van der Waals surface area contributed by atoms with E-state index in [0.29, 0.717) is 24.0 Å². The Morgan fingerprint density at radius 3 is 2.41 bits per heavy atom. The van der Waals surface area contributed by atoms with Crippen LogP contribution in [0, 0.1) is 11.3 Å². The lowest BCUT2D eigenvalue weighted by atomic mass is 9.97. The van der Waals surface area contributed by atoms with Gasteiger partial charge in [0.15, 0.2) is 0 Å². The predicted octanol–water partition coefficient (Wildman–Crippen LogP) is 5.07. The molecule has 0 aliphatic rings. The van der Waals surface area contributed by atoms with Gasteiger partial charge in [0.25, 0.3) is 0 Å². The molecule has 1 aromatic heterocycles. The molecule has 2 aromatic carbocycles. The fourth-order valence-corrected chi connectivity index (χ4v) is 3.65. The van der Waals surface area contributed by atoms with E-state index in [4.69, 9.17) is 11.6 Å². The maximum absolute atomic E-state index is 11.8. The largest absolute Gasteiger partial charge is 0.477 e. The van der Waals surface area contributed by atoms with Crippen LogP contribution in [-0.2, 0) is 19.9 Å². The maximum Gasteiger partial charge on any atom is 0.353 e. The molecule has 0 fully saturated rings. The number of rotatable bonds is 5. The number of nitrogens with zero attached hydrogens (tertiary/aromatic N) is 2. The molecule has 0 amide bonds.